The van der Waals surface area contributed by atoms with E-state index in [0.717, 1.165) is 22.2 Å². The number of aromatic amines is 1. The predicted octanol–water partition coefficient (Wildman–Crippen LogP) is 3.35. The number of rotatable bonds is 7. The van der Waals surface area contributed by atoms with E-state index in [1.165, 1.54) is 0 Å². The summed E-state index contributed by atoms with van der Waals surface area (Å²) in [5.41, 5.74) is 8.70. The number of nitrogens with two attached hydrogens (primary N) is 1. The van der Waals surface area contributed by atoms with Gasteiger partial charge in [0.1, 0.15) is 0 Å². The molecule has 0 amide bonds. The molecule has 2 aromatic heterocycles. The van der Waals surface area contributed by atoms with Gasteiger partial charge in [-0.05, 0) is 30.2 Å². The molecule has 0 atom stereocenters. The van der Waals surface area contributed by atoms with Crippen LogP contribution in [-0.2, 0) is 22.6 Å². The van der Waals surface area contributed by atoms with Crippen LogP contribution in [0, 0.1) is 0 Å². The van der Waals surface area contributed by atoms with Crippen molar-refractivity contribution in [2.45, 2.75) is 19.4 Å². The number of para-hydroxylation sites is 2. The molecule has 29 heavy (non-hydrogen) atoms. The zero-order valence-electron chi connectivity index (χ0n) is 15.6. The number of carbonyl (C=O) groups is 1. The van der Waals surface area contributed by atoms with Crippen LogP contribution in [-0.4, -0.2) is 25.9 Å². The van der Waals surface area contributed by atoms with Gasteiger partial charge < -0.3 is 20.8 Å². The Balaban J connectivity index is 1.34. The van der Waals surface area contributed by atoms with E-state index < -0.39 is 0 Å². The van der Waals surface area contributed by atoms with Crippen molar-refractivity contribution in [3.8, 4) is 0 Å². The first-order valence-corrected chi connectivity index (χ1v) is 9.20. The van der Waals surface area contributed by atoms with Crippen LogP contribution in [0.3, 0.4) is 0 Å². The molecule has 2 heterocycles. The molecular formula is C21H20N6O2. The highest BCUT2D eigenvalue weighted by molar-refractivity contribution is 5.83. The average molecular weight is 388 g/mol. The van der Waals surface area contributed by atoms with E-state index in [4.69, 9.17) is 10.5 Å². The molecule has 0 aliphatic rings. The van der Waals surface area contributed by atoms with Crippen LogP contribution in [0.4, 0.5) is 17.6 Å². The molecule has 0 saturated heterocycles. The lowest BCUT2D eigenvalue weighted by Gasteiger charge is -2.08. The van der Waals surface area contributed by atoms with Crippen molar-refractivity contribution in [3.63, 3.8) is 0 Å². The fourth-order valence-electron chi connectivity index (χ4n) is 3.00. The number of carbonyl (C=O) groups excluding carboxylic acids is 1. The number of fused-ring (bicyclic) bond motifs is 1. The maximum atomic E-state index is 12.2. The van der Waals surface area contributed by atoms with Crippen LogP contribution < -0.4 is 11.1 Å². The van der Waals surface area contributed by atoms with Crippen LogP contribution in [0.1, 0.15) is 17.8 Å². The molecule has 0 spiro atoms. The zero-order valence-corrected chi connectivity index (χ0v) is 15.6. The van der Waals surface area contributed by atoms with Gasteiger partial charge in [0.25, 0.3) is 0 Å². The summed E-state index contributed by atoms with van der Waals surface area (Å²) in [5, 5.41) is 4.16. The van der Waals surface area contributed by atoms with Gasteiger partial charge in [-0.2, -0.15) is 15.0 Å². The smallest absolute Gasteiger partial charge is 0.306 e. The zero-order chi connectivity index (χ0) is 20.1. The predicted molar refractivity (Wildman–Crippen MR) is 110 cm³/mol. The monoisotopic (exact) mass is 388 g/mol. The van der Waals surface area contributed by atoms with Gasteiger partial charge in [0.15, 0.2) is 12.4 Å². The van der Waals surface area contributed by atoms with Crippen molar-refractivity contribution in [3.05, 3.63) is 72.2 Å². The Hall–Kier alpha value is -3.94. The Morgan fingerprint density at radius 1 is 1.03 bits per heavy atom. The summed E-state index contributed by atoms with van der Waals surface area (Å²) in [6, 6.07) is 17.4. The Bertz CT molecular complexity index is 1130. The molecule has 146 valence electrons. The lowest BCUT2D eigenvalue weighted by molar-refractivity contribution is -0.145. The number of nitrogen functional groups attached to an aromatic ring is 1. The van der Waals surface area contributed by atoms with Crippen molar-refractivity contribution >= 4 is 34.5 Å². The number of nitrogens with one attached hydrogen (secondary N) is 2. The number of nitrogens with zero attached hydrogens (tertiary/aromatic N) is 3. The highest BCUT2D eigenvalue weighted by Crippen LogP contribution is 2.19. The molecular weight excluding hydrogens is 368 g/mol. The lowest BCUT2D eigenvalue weighted by atomic mass is 10.1. The molecule has 8 nitrogen and oxygen atoms in total. The fraction of sp³-hybridized carbons (Fsp3) is 0.143. The maximum absolute atomic E-state index is 12.2. The SMILES string of the molecule is Nc1nc(COC(=O)CCc2c[nH]c3ccccc23)nc(Nc2ccccc2)n1. The molecule has 0 radical (unpaired) electrons. The van der Waals surface area contributed by atoms with Gasteiger partial charge in [0, 0.05) is 29.2 Å². The van der Waals surface area contributed by atoms with E-state index in [9.17, 15) is 4.79 Å². The minimum absolute atomic E-state index is 0.0586. The van der Waals surface area contributed by atoms with E-state index in [2.05, 4.69) is 25.3 Å². The van der Waals surface area contributed by atoms with E-state index >= 15 is 0 Å². The summed E-state index contributed by atoms with van der Waals surface area (Å²) in [5.74, 6) is 0.319. The fourth-order valence-corrected chi connectivity index (χ4v) is 3.00. The van der Waals surface area contributed by atoms with Gasteiger partial charge in [0.05, 0.1) is 0 Å². The number of aryl methyl sites for hydroxylation is 1. The first-order chi connectivity index (χ1) is 14.2. The van der Waals surface area contributed by atoms with Crippen molar-refractivity contribution in [2.24, 2.45) is 0 Å². The minimum Gasteiger partial charge on any atom is -0.457 e. The number of aromatic nitrogens is 4. The number of benzene rings is 2. The average Bonchev–Trinajstić information content (AvgIpc) is 3.14. The highest BCUT2D eigenvalue weighted by atomic mass is 16.5. The summed E-state index contributed by atoms with van der Waals surface area (Å²) in [6.07, 6.45) is 2.77. The number of anilines is 3. The van der Waals surface area contributed by atoms with Crippen molar-refractivity contribution in [2.75, 3.05) is 11.1 Å². The van der Waals surface area contributed by atoms with Gasteiger partial charge in [-0.3, -0.25) is 4.79 Å². The van der Waals surface area contributed by atoms with E-state index in [0.29, 0.717) is 12.4 Å². The molecule has 0 bridgehead atoms. The second-order valence-electron chi connectivity index (χ2n) is 6.44. The minimum atomic E-state index is -0.327. The van der Waals surface area contributed by atoms with Crippen LogP contribution in [0.15, 0.2) is 60.8 Å². The normalized spacial score (nSPS) is 10.8. The summed E-state index contributed by atoms with van der Waals surface area (Å²) in [7, 11) is 0. The van der Waals surface area contributed by atoms with Crippen LogP contribution in [0.5, 0.6) is 0 Å². The third-order valence-electron chi connectivity index (χ3n) is 4.36. The number of hydrogen-bond donors (Lipinski definition) is 3. The Morgan fingerprint density at radius 3 is 2.69 bits per heavy atom. The molecule has 0 unspecified atom stereocenters. The topological polar surface area (TPSA) is 119 Å². The molecule has 4 N–H and O–H groups in total. The Morgan fingerprint density at radius 2 is 1.83 bits per heavy atom. The number of ether oxygens (including phenoxy) is 1. The van der Waals surface area contributed by atoms with Crippen molar-refractivity contribution < 1.29 is 9.53 Å². The first kappa shape index (κ1) is 18.4. The van der Waals surface area contributed by atoms with Gasteiger partial charge in [-0.15, -0.1) is 0 Å². The summed E-state index contributed by atoms with van der Waals surface area (Å²) >= 11 is 0. The lowest BCUT2D eigenvalue weighted by Crippen LogP contribution is -2.11. The van der Waals surface area contributed by atoms with Gasteiger partial charge in [-0.25, -0.2) is 0 Å². The van der Waals surface area contributed by atoms with E-state index in [-0.39, 0.29) is 30.8 Å². The van der Waals surface area contributed by atoms with Gasteiger partial charge in [0.2, 0.25) is 11.9 Å². The van der Waals surface area contributed by atoms with Crippen LogP contribution >= 0.6 is 0 Å². The standard InChI is InChI=1S/C21H20N6O2/c22-20-25-18(26-21(27-20)24-15-6-2-1-3-7-15)13-29-19(28)11-10-14-12-23-17-9-5-4-8-16(14)17/h1-9,12,23H,10-11,13H2,(H3,22,24,25,26,27). The number of esters is 1. The highest BCUT2D eigenvalue weighted by Gasteiger charge is 2.10. The number of H-pyrrole nitrogens is 1. The first-order valence-electron chi connectivity index (χ1n) is 9.20. The Kier molecular flexibility index (Phi) is 5.33. The maximum Gasteiger partial charge on any atom is 0.306 e. The largest absolute Gasteiger partial charge is 0.457 e. The van der Waals surface area contributed by atoms with Crippen molar-refractivity contribution in [1.29, 1.82) is 0 Å². The van der Waals surface area contributed by atoms with Gasteiger partial charge >= 0.3 is 5.97 Å². The van der Waals surface area contributed by atoms with E-state index in [1.807, 2.05) is 60.8 Å². The second kappa shape index (κ2) is 8.39. The van der Waals surface area contributed by atoms with Crippen LogP contribution in [0.2, 0.25) is 0 Å². The molecule has 2 aromatic carbocycles. The van der Waals surface area contributed by atoms with E-state index in [1.54, 1.807) is 0 Å². The summed E-state index contributed by atoms with van der Waals surface area (Å²) in [6.45, 7) is -0.0666. The molecule has 4 rings (SSSR count). The summed E-state index contributed by atoms with van der Waals surface area (Å²) in [4.78, 5) is 27.7. The summed E-state index contributed by atoms with van der Waals surface area (Å²) < 4.78 is 5.31. The van der Waals surface area contributed by atoms with Crippen LogP contribution in [0.25, 0.3) is 10.9 Å². The Labute approximate surface area is 167 Å². The molecule has 4 aromatic rings. The molecule has 0 aliphatic heterocycles. The van der Waals surface area contributed by atoms with Gasteiger partial charge in [-0.1, -0.05) is 36.4 Å². The molecule has 0 saturated carbocycles. The second-order valence-corrected chi connectivity index (χ2v) is 6.44. The molecule has 0 fully saturated rings. The molecule has 0 aliphatic carbocycles. The third kappa shape index (κ3) is 4.67. The number of hydrogen-bond acceptors (Lipinski definition) is 7. The quantitative estimate of drug-likeness (QED) is 0.415. The van der Waals surface area contributed by atoms with Crippen molar-refractivity contribution in [1.82, 2.24) is 19.9 Å². The third-order valence-corrected chi connectivity index (χ3v) is 4.36. The molecule has 8 heteroatoms.